The van der Waals surface area contributed by atoms with Gasteiger partial charge in [-0.2, -0.15) is 0 Å². The van der Waals surface area contributed by atoms with Crippen LogP contribution >= 0.6 is 0 Å². The molecule has 0 saturated carbocycles. The Bertz CT molecular complexity index is 721. The molecule has 3 rings (SSSR count). The second-order valence-electron chi connectivity index (χ2n) is 5.34. The van der Waals surface area contributed by atoms with E-state index in [1.807, 2.05) is 0 Å². The average Bonchev–Trinajstić information content (AvgIpc) is 2.74. The van der Waals surface area contributed by atoms with Crippen LogP contribution in [-0.4, -0.2) is 61.4 Å². The summed E-state index contributed by atoms with van der Waals surface area (Å²) < 4.78 is 44.0. The highest BCUT2D eigenvalue weighted by Gasteiger charge is 2.79. The van der Waals surface area contributed by atoms with E-state index in [1.54, 1.807) is 19.9 Å². The van der Waals surface area contributed by atoms with Gasteiger partial charge in [0.25, 0.3) is 29.0 Å². The van der Waals surface area contributed by atoms with Gasteiger partial charge >= 0.3 is 0 Å². The highest BCUT2D eigenvalue weighted by atomic mass is 19.2. The maximum absolute atomic E-state index is 12.6. The van der Waals surface area contributed by atoms with Crippen LogP contribution in [0.4, 0.5) is 17.6 Å². The highest BCUT2D eigenvalue weighted by Crippen LogP contribution is 2.43. The summed E-state index contributed by atoms with van der Waals surface area (Å²) >= 11 is 0. The summed E-state index contributed by atoms with van der Waals surface area (Å²) in [5.41, 5.74) is -1.55. The smallest absolute Gasteiger partial charge is 0.282 e. The number of carbonyl (C=O) groups is 4. The maximum Gasteiger partial charge on any atom is 0.284 e. The summed E-state index contributed by atoms with van der Waals surface area (Å²) in [4.78, 5) is 47.1. The lowest BCUT2D eigenvalue weighted by atomic mass is 9.69. The van der Waals surface area contributed by atoms with Crippen LogP contribution < -0.4 is 0 Å². The molecule has 0 unspecified atom stereocenters. The number of β-lactam (4-membered cyclic amide) rings is 4. The number of nitrogens with zero attached hydrogens (tertiary/aromatic N) is 2. The number of carbonyl (C=O) groups excluding carboxylic acids is 4. The number of aryl methyl sites for hydroxylation is 1. The molecule has 2 fully saturated rings. The Morgan fingerprint density at radius 2 is 1.32 bits per heavy atom. The number of hydrogen-bond donors (Lipinski definition) is 0. The molecule has 4 amide bonds. The first-order valence-electron chi connectivity index (χ1n) is 8.12. The number of hydrogen-bond acceptors (Lipinski definition) is 4. The first-order valence-corrected chi connectivity index (χ1v) is 8.12. The normalized spacial score (nSPS) is 16.0. The highest BCUT2D eigenvalue weighted by molar-refractivity contribution is 6.52. The summed E-state index contributed by atoms with van der Waals surface area (Å²) in [6.45, 7) is 3.60. The minimum absolute atomic E-state index is 0.198. The molecule has 0 N–H and O–H groups in total. The number of amides is 4. The quantitative estimate of drug-likeness (QED) is 0.428. The van der Waals surface area contributed by atoms with Crippen LogP contribution in [-0.2, 0) is 25.6 Å². The van der Waals surface area contributed by atoms with E-state index < -0.39 is 40.7 Å². The Kier molecular flexibility index (Phi) is 9.48. The van der Waals surface area contributed by atoms with Crippen LogP contribution in [0.1, 0.15) is 19.4 Å². The molecule has 2 saturated heterocycles. The van der Waals surface area contributed by atoms with Crippen LogP contribution in [0.25, 0.3) is 0 Å². The van der Waals surface area contributed by atoms with Crippen molar-refractivity contribution in [2.75, 3.05) is 27.9 Å². The molecule has 1 aromatic rings. The van der Waals surface area contributed by atoms with Crippen molar-refractivity contribution in [3.05, 3.63) is 35.4 Å². The number of rotatable bonds is 2. The summed E-state index contributed by atoms with van der Waals surface area (Å²) in [6, 6.07) is 4.21. The van der Waals surface area contributed by atoms with E-state index in [0.717, 1.165) is 15.9 Å². The third kappa shape index (κ3) is 3.76. The topological polar surface area (TPSA) is 74.8 Å². The zero-order valence-corrected chi connectivity index (χ0v) is 16.2. The molecule has 6 nitrogen and oxygen atoms in total. The summed E-state index contributed by atoms with van der Waals surface area (Å²) in [5, 5.41) is 0. The fourth-order valence-corrected chi connectivity index (χ4v) is 2.64. The van der Waals surface area contributed by atoms with E-state index in [0.29, 0.717) is 26.3 Å². The van der Waals surface area contributed by atoms with E-state index in [-0.39, 0.29) is 6.54 Å². The molecular formula is C18H22F4N2O4. The van der Waals surface area contributed by atoms with E-state index in [2.05, 4.69) is 0 Å². The van der Waals surface area contributed by atoms with Gasteiger partial charge in [-0.3, -0.25) is 37.8 Å². The molecule has 0 aliphatic carbocycles. The number of likely N-dealkylation sites (tertiary alicyclic amines) is 2. The standard InChI is InChI=1S/C8H8F2.C8H8N2O4.2CH3F/c1-2-6-4-3-5-7(9)8(6)10;1-3-10-6(13)8(7(10)14)4(11)9(2)5(8)12;2*1-2/h3-5H,2H2,1H3;3H2,1-2H3;2*1H3. The minimum atomic E-state index is -1.98. The van der Waals surface area contributed by atoms with Crippen molar-refractivity contribution in [1.82, 2.24) is 9.80 Å². The number of halogens is 4. The van der Waals surface area contributed by atoms with Gasteiger partial charge in [0.15, 0.2) is 11.6 Å². The Morgan fingerprint density at radius 3 is 1.68 bits per heavy atom. The van der Waals surface area contributed by atoms with E-state index in [9.17, 15) is 36.7 Å². The Labute approximate surface area is 160 Å². The van der Waals surface area contributed by atoms with Crippen molar-refractivity contribution < 1.29 is 36.7 Å². The molecule has 0 atom stereocenters. The second-order valence-corrected chi connectivity index (χ2v) is 5.34. The molecule has 0 bridgehead atoms. The van der Waals surface area contributed by atoms with E-state index >= 15 is 0 Å². The lowest BCUT2D eigenvalue weighted by Gasteiger charge is -2.51. The van der Waals surface area contributed by atoms with Crippen molar-refractivity contribution >= 4 is 23.6 Å². The van der Waals surface area contributed by atoms with Crippen LogP contribution in [0.2, 0.25) is 0 Å². The van der Waals surface area contributed by atoms with Gasteiger partial charge in [-0.15, -0.1) is 0 Å². The monoisotopic (exact) mass is 406 g/mol. The van der Waals surface area contributed by atoms with Crippen LogP contribution in [0.5, 0.6) is 0 Å². The molecule has 2 aliphatic rings. The minimum Gasteiger partial charge on any atom is -0.282 e. The maximum atomic E-state index is 12.6. The van der Waals surface area contributed by atoms with Gasteiger partial charge in [-0.1, -0.05) is 19.1 Å². The first kappa shape index (κ1) is 25.2. The molecular weight excluding hydrogens is 384 g/mol. The molecule has 1 spiro atoms. The largest absolute Gasteiger partial charge is 0.284 e. The third-order valence-corrected chi connectivity index (χ3v) is 4.11. The van der Waals surface area contributed by atoms with E-state index in [4.69, 9.17) is 0 Å². The fourth-order valence-electron chi connectivity index (χ4n) is 2.64. The Morgan fingerprint density at radius 1 is 0.857 bits per heavy atom. The second kappa shape index (κ2) is 10.5. The van der Waals surface area contributed by atoms with Gasteiger partial charge in [-0.25, -0.2) is 8.78 Å². The molecule has 0 aromatic heterocycles. The lowest BCUT2D eigenvalue weighted by molar-refractivity contribution is -0.198. The van der Waals surface area contributed by atoms with Crippen molar-refractivity contribution in [3.63, 3.8) is 0 Å². The molecule has 1 aromatic carbocycles. The summed E-state index contributed by atoms with van der Waals surface area (Å²) in [5.74, 6) is -4.26. The first-order chi connectivity index (χ1) is 13.2. The molecule has 10 heteroatoms. The zero-order valence-electron chi connectivity index (χ0n) is 16.2. The van der Waals surface area contributed by atoms with Crippen molar-refractivity contribution in [2.45, 2.75) is 20.3 Å². The van der Waals surface area contributed by atoms with Crippen molar-refractivity contribution in [1.29, 1.82) is 0 Å². The summed E-state index contributed by atoms with van der Waals surface area (Å²) in [7, 11) is 2.26. The predicted molar refractivity (Wildman–Crippen MR) is 92.4 cm³/mol. The van der Waals surface area contributed by atoms with Gasteiger partial charge in [0.2, 0.25) is 0 Å². The Balaban J connectivity index is 0.000000460. The molecule has 28 heavy (non-hydrogen) atoms. The molecule has 2 heterocycles. The summed E-state index contributed by atoms with van der Waals surface area (Å²) in [6.07, 6.45) is 0.531. The molecule has 156 valence electrons. The molecule has 0 radical (unpaired) electrons. The third-order valence-electron chi connectivity index (χ3n) is 4.11. The van der Waals surface area contributed by atoms with E-state index in [1.165, 1.54) is 13.1 Å². The zero-order chi connectivity index (χ0) is 22.2. The van der Waals surface area contributed by atoms with Crippen LogP contribution in [0, 0.1) is 17.0 Å². The van der Waals surface area contributed by atoms with Gasteiger partial charge in [0.05, 0.1) is 14.4 Å². The Hall–Kier alpha value is -2.78. The van der Waals surface area contributed by atoms with Gasteiger partial charge < -0.3 is 0 Å². The van der Waals surface area contributed by atoms with Crippen LogP contribution in [0.3, 0.4) is 0 Å². The van der Waals surface area contributed by atoms with Crippen LogP contribution in [0.15, 0.2) is 18.2 Å². The lowest BCUT2D eigenvalue weighted by Crippen LogP contribution is -2.83. The average molecular weight is 406 g/mol. The van der Waals surface area contributed by atoms with Gasteiger partial charge in [0.1, 0.15) is 0 Å². The number of benzene rings is 1. The number of alkyl halides is 2. The van der Waals surface area contributed by atoms with Crippen molar-refractivity contribution in [3.8, 4) is 0 Å². The number of imide groups is 2. The van der Waals surface area contributed by atoms with Crippen molar-refractivity contribution in [2.24, 2.45) is 5.41 Å². The fraction of sp³-hybridized carbons (Fsp3) is 0.444. The van der Waals surface area contributed by atoms with Gasteiger partial charge in [0, 0.05) is 13.6 Å². The molecule has 2 aliphatic heterocycles. The van der Waals surface area contributed by atoms with Gasteiger partial charge in [-0.05, 0) is 25.0 Å². The SMILES string of the molecule is CCN1C(=O)C2(C(=O)N(C)C2=O)C1=O.CCc1cccc(F)c1F.CF.CF. The predicted octanol–water partition coefficient (Wildman–Crippen LogP) is 2.06.